The summed E-state index contributed by atoms with van der Waals surface area (Å²) in [7, 11) is 0. The van der Waals surface area contributed by atoms with E-state index in [1.807, 2.05) is 6.20 Å². The molecule has 0 aliphatic carbocycles. The summed E-state index contributed by atoms with van der Waals surface area (Å²) in [5.74, 6) is 0.309. The summed E-state index contributed by atoms with van der Waals surface area (Å²) in [6.45, 7) is 1.16. The van der Waals surface area contributed by atoms with E-state index >= 15 is 0 Å². The van der Waals surface area contributed by atoms with Crippen LogP contribution in [0.5, 0.6) is 0 Å². The predicted octanol–water partition coefficient (Wildman–Crippen LogP) is 2.65. The maximum atomic E-state index is 13.3. The van der Waals surface area contributed by atoms with Crippen LogP contribution in [0.25, 0.3) is 10.9 Å². The van der Waals surface area contributed by atoms with Gasteiger partial charge in [-0.1, -0.05) is 0 Å². The largest absolute Gasteiger partial charge is 0.361 e. The van der Waals surface area contributed by atoms with Crippen molar-refractivity contribution >= 4 is 22.8 Å². The zero-order valence-corrected chi connectivity index (χ0v) is 13.8. The molecule has 3 rings (SSSR count). The predicted molar refractivity (Wildman–Crippen MR) is 94.7 cm³/mol. The quantitative estimate of drug-likeness (QED) is 0.550. The molecule has 6 nitrogen and oxygen atoms in total. The van der Waals surface area contributed by atoms with E-state index < -0.39 is 0 Å². The van der Waals surface area contributed by atoms with Gasteiger partial charge >= 0.3 is 0 Å². The maximum absolute atomic E-state index is 13.3. The number of anilines is 1. The molecule has 1 aromatic carbocycles. The highest BCUT2D eigenvalue weighted by molar-refractivity contribution is 5.83. The van der Waals surface area contributed by atoms with Crippen LogP contribution in [0, 0.1) is 5.82 Å². The molecule has 25 heavy (non-hydrogen) atoms. The van der Waals surface area contributed by atoms with Crippen molar-refractivity contribution in [2.24, 2.45) is 0 Å². The van der Waals surface area contributed by atoms with E-state index in [2.05, 4.69) is 25.6 Å². The van der Waals surface area contributed by atoms with E-state index in [-0.39, 0.29) is 11.7 Å². The molecule has 0 saturated carbocycles. The van der Waals surface area contributed by atoms with Gasteiger partial charge in [-0.2, -0.15) is 0 Å². The molecule has 0 fully saturated rings. The number of aromatic nitrogens is 3. The first-order chi connectivity index (χ1) is 12.2. The van der Waals surface area contributed by atoms with Crippen molar-refractivity contribution in [1.82, 2.24) is 20.3 Å². The van der Waals surface area contributed by atoms with E-state index in [1.54, 1.807) is 24.5 Å². The van der Waals surface area contributed by atoms with Gasteiger partial charge in [-0.3, -0.25) is 4.79 Å². The Morgan fingerprint density at radius 2 is 2.04 bits per heavy atom. The molecule has 2 aromatic heterocycles. The van der Waals surface area contributed by atoms with Gasteiger partial charge in [0.2, 0.25) is 11.9 Å². The van der Waals surface area contributed by atoms with Gasteiger partial charge in [0.05, 0.1) is 0 Å². The second-order valence-corrected chi connectivity index (χ2v) is 5.71. The molecule has 1 amide bonds. The number of benzene rings is 1. The van der Waals surface area contributed by atoms with Crippen molar-refractivity contribution in [3.8, 4) is 0 Å². The van der Waals surface area contributed by atoms with Gasteiger partial charge in [-0.25, -0.2) is 14.4 Å². The number of nitrogens with one attached hydrogen (secondary N) is 3. The Balaban J connectivity index is 1.37. The minimum absolute atomic E-state index is 0.00167. The number of nitrogens with zero attached hydrogens (tertiary/aromatic N) is 2. The molecule has 0 bridgehead atoms. The number of carbonyl (C=O) groups is 1. The monoisotopic (exact) mass is 341 g/mol. The molecule has 0 radical (unpaired) electrons. The highest BCUT2D eigenvalue weighted by atomic mass is 19.1. The number of hydrogen-bond acceptors (Lipinski definition) is 4. The average molecular weight is 341 g/mol. The Morgan fingerprint density at radius 1 is 1.20 bits per heavy atom. The Hall–Kier alpha value is -2.96. The maximum Gasteiger partial charge on any atom is 0.222 e. The van der Waals surface area contributed by atoms with Crippen LogP contribution in [0.4, 0.5) is 10.3 Å². The number of carbonyl (C=O) groups excluding carboxylic acids is 1. The highest BCUT2D eigenvalue weighted by Gasteiger charge is 2.06. The first-order valence-corrected chi connectivity index (χ1v) is 8.25. The van der Waals surface area contributed by atoms with Crippen LogP contribution in [-0.4, -0.2) is 33.9 Å². The first-order valence-electron chi connectivity index (χ1n) is 8.25. The number of hydrogen-bond donors (Lipinski definition) is 3. The molecule has 0 unspecified atom stereocenters. The molecule has 0 aliphatic heterocycles. The molecule has 0 atom stereocenters. The van der Waals surface area contributed by atoms with Gasteiger partial charge in [-0.15, -0.1) is 0 Å². The van der Waals surface area contributed by atoms with Gasteiger partial charge < -0.3 is 15.6 Å². The van der Waals surface area contributed by atoms with E-state index in [4.69, 9.17) is 0 Å². The van der Waals surface area contributed by atoms with Crippen LogP contribution in [0.2, 0.25) is 0 Å². The number of halogens is 1. The van der Waals surface area contributed by atoms with Crippen LogP contribution in [0.15, 0.2) is 42.9 Å². The summed E-state index contributed by atoms with van der Waals surface area (Å²) >= 11 is 0. The number of H-pyrrole nitrogens is 1. The Morgan fingerprint density at radius 3 is 2.88 bits per heavy atom. The van der Waals surface area contributed by atoms with Crippen molar-refractivity contribution in [3.05, 3.63) is 54.2 Å². The van der Waals surface area contributed by atoms with Gasteiger partial charge in [0.15, 0.2) is 0 Å². The van der Waals surface area contributed by atoms with Gasteiger partial charge in [0, 0.05) is 49.0 Å². The summed E-state index contributed by atoms with van der Waals surface area (Å²) < 4.78 is 13.3. The molecular weight excluding hydrogens is 321 g/mol. The fourth-order valence-corrected chi connectivity index (χ4v) is 2.62. The Kier molecular flexibility index (Phi) is 5.56. The fraction of sp³-hybridized carbons (Fsp3) is 0.278. The van der Waals surface area contributed by atoms with Crippen molar-refractivity contribution in [2.45, 2.75) is 19.3 Å². The van der Waals surface area contributed by atoms with Gasteiger partial charge in [0.25, 0.3) is 0 Å². The van der Waals surface area contributed by atoms with Crippen LogP contribution in [0.3, 0.4) is 0 Å². The lowest BCUT2D eigenvalue weighted by Gasteiger charge is -2.06. The SMILES string of the molecule is O=C(CCCNc1ncccn1)NCCc1c[nH]c2ccc(F)cc12. The smallest absolute Gasteiger partial charge is 0.222 e. The number of aromatic amines is 1. The van der Waals surface area contributed by atoms with Crippen molar-refractivity contribution in [2.75, 3.05) is 18.4 Å². The lowest BCUT2D eigenvalue weighted by Crippen LogP contribution is -2.25. The third kappa shape index (κ3) is 4.76. The summed E-state index contributed by atoms with van der Waals surface area (Å²) in [5, 5.41) is 6.82. The standard InChI is InChI=1S/C18H20FN5O/c19-14-4-5-16-15(11-14)13(12-24-16)6-10-20-17(25)3-1-7-21-18-22-8-2-9-23-18/h2,4-5,8-9,11-12,24H,1,3,6-7,10H2,(H,20,25)(H,21,22,23). The van der Waals surface area contributed by atoms with E-state index in [0.29, 0.717) is 38.3 Å². The normalized spacial score (nSPS) is 10.8. The average Bonchev–Trinajstić information content (AvgIpc) is 3.02. The first kappa shape index (κ1) is 16.9. The molecular formula is C18H20FN5O. The van der Waals surface area contributed by atoms with Crippen LogP contribution in [-0.2, 0) is 11.2 Å². The number of fused-ring (bicyclic) bond motifs is 1. The van der Waals surface area contributed by atoms with Crippen LogP contribution < -0.4 is 10.6 Å². The fourth-order valence-electron chi connectivity index (χ4n) is 2.62. The van der Waals surface area contributed by atoms with Crippen molar-refractivity contribution in [1.29, 1.82) is 0 Å². The highest BCUT2D eigenvalue weighted by Crippen LogP contribution is 2.19. The Labute approximate surface area is 144 Å². The third-order valence-electron chi connectivity index (χ3n) is 3.88. The van der Waals surface area contributed by atoms with E-state index in [1.165, 1.54) is 12.1 Å². The molecule has 7 heteroatoms. The second kappa shape index (κ2) is 8.23. The van der Waals surface area contributed by atoms with Crippen LogP contribution >= 0.6 is 0 Å². The number of amides is 1. The molecule has 3 aromatic rings. The van der Waals surface area contributed by atoms with Gasteiger partial charge in [0.1, 0.15) is 5.82 Å². The van der Waals surface area contributed by atoms with Crippen molar-refractivity contribution < 1.29 is 9.18 Å². The van der Waals surface area contributed by atoms with E-state index in [0.717, 1.165) is 16.5 Å². The molecule has 3 N–H and O–H groups in total. The summed E-state index contributed by atoms with van der Waals surface area (Å²) in [5.41, 5.74) is 1.90. The summed E-state index contributed by atoms with van der Waals surface area (Å²) in [6, 6.07) is 6.41. The number of rotatable bonds is 8. The lowest BCUT2D eigenvalue weighted by atomic mass is 10.1. The molecule has 0 spiro atoms. The molecule has 2 heterocycles. The zero-order chi connectivity index (χ0) is 17.5. The topological polar surface area (TPSA) is 82.7 Å². The molecule has 0 aliphatic rings. The minimum atomic E-state index is -0.257. The molecule has 130 valence electrons. The molecule has 0 saturated heterocycles. The van der Waals surface area contributed by atoms with E-state index in [9.17, 15) is 9.18 Å². The summed E-state index contributed by atoms with van der Waals surface area (Å²) in [6.07, 6.45) is 6.98. The lowest BCUT2D eigenvalue weighted by molar-refractivity contribution is -0.121. The van der Waals surface area contributed by atoms with Crippen LogP contribution in [0.1, 0.15) is 18.4 Å². The van der Waals surface area contributed by atoms with Crippen molar-refractivity contribution in [3.63, 3.8) is 0 Å². The Bertz CT molecular complexity index is 834. The minimum Gasteiger partial charge on any atom is -0.361 e. The zero-order valence-electron chi connectivity index (χ0n) is 13.8. The third-order valence-corrected chi connectivity index (χ3v) is 3.88. The van der Waals surface area contributed by atoms with Gasteiger partial charge in [-0.05, 0) is 42.7 Å². The second-order valence-electron chi connectivity index (χ2n) is 5.71. The summed E-state index contributed by atoms with van der Waals surface area (Å²) in [4.78, 5) is 23.1.